The Labute approximate surface area is 157 Å². The highest BCUT2D eigenvalue weighted by Gasteiger charge is 2.27. The Balaban J connectivity index is 4.34. The van der Waals surface area contributed by atoms with Crippen LogP contribution in [-0.2, 0) is 19.1 Å². The van der Waals surface area contributed by atoms with E-state index in [0.29, 0.717) is 25.8 Å². The van der Waals surface area contributed by atoms with Crippen LogP contribution in [0.5, 0.6) is 0 Å². The molecule has 7 nitrogen and oxygen atoms in total. The average molecular weight is 373 g/mol. The molecule has 3 atom stereocenters. The van der Waals surface area contributed by atoms with E-state index in [-0.39, 0.29) is 18.1 Å². The molecule has 0 fully saturated rings. The van der Waals surface area contributed by atoms with Gasteiger partial charge in [-0.1, -0.05) is 26.7 Å². The van der Waals surface area contributed by atoms with Crippen LogP contribution in [0.4, 0.5) is 4.79 Å². The molecule has 0 aliphatic heterocycles. The number of unbranched alkanes of at least 4 members (excludes halogenated alkanes) is 1. The first-order chi connectivity index (χ1) is 12.0. The average Bonchev–Trinajstić information content (AvgIpc) is 2.56. The molecule has 0 unspecified atom stereocenters. The predicted molar refractivity (Wildman–Crippen MR) is 101 cm³/mol. The number of amides is 1. The Morgan fingerprint density at radius 2 is 1.77 bits per heavy atom. The Morgan fingerprint density at radius 3 is 2.27 bits per heavy atom. The van der Waals surface area contributed by atoms with Crippen molar-refractivity contribution in [3.05, 3.63) is 0 Å². The maximum atomic E-state index is 12.3. The van der Waals surface area contributed by atoms with E-state index in [0.717, 1.165) is 6.42 Å². The van der Waals surface area contributed by atoms with Gasteiger partial charge in [0.2, 0.25) is 0 Å². The zero-order valence-corrected chi connectivity index (χ0v) is 17.1. The molecule has 0 aliphatic carbocycles. The molecule has 0 saturated heterocycles. The monoisotopic (exact) mass is 372 g/mol. The second-order valence-electron chi connectivity index (χ2n) is 7.73. The van der Waals surface area contributed by atoms with Gasteiger partial charge in [-0.2, -0.15) is 0 Å². The van der Waals surface area contributed by atoms with Gasteiger partial charge in [0.05, 0.1) is 19.1 Å². The first-order valence-electron chi connectivity index (χ1n) is 9.34. The van der Waals surface area contributed by atoms with Gasteiger partial charge < -0.3 is 20.5 Å². The summed E-state index contributed by atoms with van der Waals surface area (Å²) in [5.74, 6) is -0.917. The van der Waals surface area contributed by atoms with E-state index in [1.807, 2.05) is 13.8 Å². The van der Waals surface area contributed by atoms with Gasteiger partial charge in [0, 0.05) is 13.0 Å². The minimum absolute atomic E-state index is 0.0822. The third-order valence-electron chi connectivity index (χ3n) is 4.26. The fourth-order valence-electron chi connectivity index (χ4n) is 2.44. The van der Waals surface area contributed by atoms with Crippen molar-refractivity contribution in [2.75, 3.05) is 13.7 Å². The Hall–Kier alpha value is -1.63. The lowest BCUT2D eigenvalue weighted by molar-refractivity contribution is -0.147. The third-order valence-corrected chi connectivity index (χ3v) is 4.26. The zero-order chi connectivity index (χ0) is 20.3. The fourth-order valence-corrected chi connectivity index (χ4v) is 2.44. The summed E-state index contributed by atoms with van der Waals surface area (Å²) in [4.78, 5) is 35.8. The number of hydrogen-bond donors (Lipinski definition) is 2. The van der Waals surface area contributed by atoms with E-state index >= 15 is 0 Å². The molecule has 0 radical (unpaired) electrons. The number of rotatable bonds is 11. The summed E-state index contributed by atoms with van der Waals surface area (Å²) in [7, 11) is 1.32. The van der Waals surface area contributed by atoms with Crippen molar-refractivity contribution in [2.24, 2.45) is 17.6 Å². The first-order valence-corrected chi connectivity index (χ1v) is 9.34. The lowest BCUT2D eigenvalue weighted by Crippen LogP contribution is -2.38. The van der Waals surface area contributed by atoms with Gasteiger partial charge in [0.15, 0.2) is 5.78 Å². The second kappa shape index (κ2) is 11.9. The van der Waals surface area contributed by atoms with Gasteiger partial charge >= 0.3 is 12.1 Å². The number of ketones is 1. The van der Waals surface area contributed by atoms with E-state index in [4.69, 9.17) is 15.2 Å². The van der Waals surface area contributed by atoms with E-state index in [1.54, 1.807) is 20.8 Å². The standard InChI is InChI=1S/C19H36N2O5/c1-7-13(2)16(20)15(22)12-14(17(23)25-6)10-8-9-11-21-18(24)26-19(3,4)5/h13-14,16H,7-12,20H2,1-6H3,(H,21,24)/t13-,14+,16-/m0/s1. The molecule has 0 spiro atoms. The molecule has 0 aromatic rings. The number of ether oxygens (including phenoxy) is 2. The molecule has 0 aliphatic rings. The summed E-state index contributed by atoms with van der Waals surface area (Å²) in [5, 5.41) is 2.67. The minimum atomic E-state index is -0.555. The van der Waals surface area contributed by atoms with Crippen molar-refractivity contribution in [1.29, 1.82) is 0 Å². The number of Topliss-reactive ketones (excluding diaryl/α,β-unsaturated/α-hetero) is 1. The number of alkyl carbamates (subject to hydrolysis) is 1. The van der Waals surface area contributed by atoms with E-state index < -0.39 is 29.6 Å². The number of carbonyl (C=O) groups is 3. The molecule has 0 bridgehead atoms. The van der Waals surface area contributed by atoms with Gasteiger partial charge in [-0.3, -0.25) is 9.59 Å². The molecule has 0 saturated carbocycles. The number of carbonyl (C=O) groups excluding carboxylic acids is 3. The van der Waals surface area contributed by atoms with Crippen LogP contribution >= 0.6 is 0 Å². The lowest BCUT2D eigenvalue weighted by atomic mass is 9.89. The largest absolute Gasteiger partial charge is 0.469 e. The molecule has 0 rings (SSSR count). The van der Waals surface area contributed by atoms with E-state index in [1.165, 1.54) is 7.11 Å². The van der Waals surface area contributed by atoms with Crippen molar-refractivity contribution in [3.8, 4) is 0 Å². The number of nitrogens with one attached hydrogen (secondary N) is 1. The number of methoxy groups -OCH3 is 1. The highest BCUT2D eigenvalue weighted by atomic mass is 16.6. The molecule has 0 aromatic carbocycles. The summed E-state index contributed by atoms with van der Waals surface area (Å²) in [6.45, 7) is 9.76. The zero-order valence-electron chi connectivity index (χ0n) is 17.1. The highest BCUT2D eigenvalue weighted by Crippen LogP contribution is 2.18. The van der Waals surface area contributed by atoms with Crippen LogP contribution in [0.1, 0.15) is 66.7 Å². The van der Waals surface area contributed by atoms with Crippen molar-refractivity contribution in [1.82, 2.24) is 5.32 Å². The number of esters is 1. The fraction of sp³-hybridized carbons (Fsp3) is 0.842. The first kappa shape index (κ1) is 24.4. The normalized spacial score (nSPS) is 14.9. The van der Waals surface area contributed by atoms with Gasteiger partial charge in [-0.05, 0) is 39.5 Å². The van der Waals surface area contributed by atoms with Gasteiger partial charge in [-0.25, -0.2) is 4.79 Å². The van der Waals surface area contributed by atoms with Crippen LogP contribution < -0.4 is 11.1 Å². The highest BCUT2D eigenvalue weighted by molar-refractivity contribution is 5.88. The van der Waals surface area contributed by atoms with Crippen molar-refractivity contribution >= 4 is 17.8 Å². The van der Waals surface area contributed by atoms with Crippen LogP contribution in [0, 0.1) is 11.8 Å². The van der Waals surface area contributed by atoms with Crippen LogP contribution in [-0.4, -0.2) is 43.1 Å². The van der Waals surface area contributed by atoms with Crippen molar-refractivity contribution < 1.29 is 23.9 Å². The van der Waals surface area contributed by atoms with E-state index in [2.05, 4.69) is 5.32 Å². The Bertz CT molecular complexity index is 459. The summed E-state index contributed by atoms with van der Waals surface area (Å²) < 4.78 is 9.96. The maximum Gasteiger partial charge on any atom is 0.407 e. The predicted octanol–water partition coefficient (Wildman–Crippen LogP) is 2.80. The molecule has 3 N–H and O–H groups in total. The minimum Gasteiger partial charge on any atom is -0.469 e. The number of hydrogen-bond acceptors (Lipinski definition) is 6. The Morgan fingerprint density at radius 1 is 1.15 bits per heavy atom. The van der Waals surface area contributed by atoms with Crippen LogP contribution in [0.15, 0.2) is 0 Å². The van der Waals surface area contributed by atoms with Crippen molar-refractivity contribution in [3.63, 3.8) is 0 Å². The van der Waals surface area contributed by atoms with Crippen molar-refractivity contribution in [2.45, 2.75) is 78.4 Å². The molecule has 26 heavy (non-hydrogen) atoms. The van der Waals surface area contributed by atoms with Crippen LogP contribution in [0.2, 0.25) is 0 Å². The summed E-state index contributed by atoms with van der Waals surface area (Å²) >= 11 is 0. The van der Waals surface area contributed by atoms with Gasteiger partial charge in [-0.15, -0.1) is 0 Å². The molecular formula is C19H36N2O5. The molecule has 152 valence electrons. The Kier molecular flexibility index (Phi) is 11.1. The summed E-state index contributed by atoms with van der Waals surface area (Å²) in [6.07, 6.45) is 2.32. The second-order valence-corrected chi connectivity index (χ2v) is 7.73. The maximum absolute atomic E-state index is 12.3. The summed E-state index contributed by atoms with van der Waals surface area (Å²) in [6, 6.07) is -0.555. The SMILES string of the molecule is CC[C@H](C)[C@H](N)C(=O)C[C@@H](CCCCNC(=O)OC(C)(C)C)C(=O)OC. The van der Waals surface area contributed by atoms with Gasteiger partial charge in [0.25, 0.3) is 0 Å². The molecule has 1 amide bonds. The topological polar surface area (TPSA) is 108 Å². The molecular weight excluding hydrogens is 336 g/mol. The van der Waals surface area contributed by atoms with Gasteiger partial charge in [0.1, 0.15) is 5.60 Å². The molecule has 0 heterocycles. The third kappa shape index (κ3) is 10.4. The quantitative estimate of drug-likeness (QED) is 0.426. The smallest absolute Gasteiger partial charge is 0.407 e. The lowest BCUT2D eigenvalue weighted by Gasteiger charge is -2.20. The van der Waals surface area contributed by atoms with Crippen LogP contribution in [0.3, 0.4) is 0 Å². The van der Waals surface area contributed by atoms with Crippen LogP contribution in [0.25, 0.3) is 0 Å². The number of nitrogens with two attached hydrogens (primary N) is 1. The molecule has 0 aromatic heterocycles. The summed E-state index contributed by atoms with van der Waals surface area (Å²) in [5.41, 5.74) is 5.43. The van der Waals surface area contributed by atoms with E-state index in [9.17, 15) is 14.4 Å². The molecule has 7 heteroatoms.